The highest BCUT2D eigenvalue weighted by atomic mass is 35.5. The molecule has 3 atom stereocenters. The van der Waals surface area contributed by atoms with Crippen molar-refractivity contribution in [2.45, 2.75) is 58.2 Å². The number of amides is 11. The van der Waals surface area contributed by atoms with E-state index in [0.717, 1.165) is 33.6 Å². The Balaban J connectivity index is 0.825. The minimum Gasteiger partial charge on any atom is -0.508 e. The summed E-state index contributed by atoms with van der Waals surface area (Å²) in [5.74, 6) is -3.33. The number of halogens is 1. The molecule has 2 aliphatic heterocycles. The smallest absolute Gasteiger partial charge is 0.415 e. The van der Waals surface area contributed by atoms with Crippen LogP contribution in [0.5, 0.6) is 11.5 Å². The number of aromatic amines is 1. The van der Waals surface area contributed by atoms with Crippen LogP contribution in [0.25, 0.3) is 21.8 Å². The fraction of sp³-hybridized carbons (Fsp3) is 0.339. The summed E-state index contributed by atoms with van der Waals surface area (Å²) < 4.78 is 22.2. The number of ether oxygens (including phenoxy) is 4. The molecule has 4 aromatic carbocycles. The Morgan fingerprint density at radius 2 is 1.54 bits per heavy atom. The minimum atomic E-state index is -1.14. The van der Waals surface area contributed by atoms with Gasteiger partial charge in [0.25, 0.3) is 23.6 Å². The number of benzene rings is 4. The van der Waals surface area contributed by atoms with Crippen LogP contribution in [0.2, 0.25) is 0 Å². The number of alkyl halides is 1. The Morgan fingerprint density at radius 3 is 2.23 bits per heavy atom. The molecule has 4 heterocycles. The van der Waals surface area contributed by atoms with Crippen molar-refractivity contribution in [3.05, 3.63) is 131 Å². The highest BCUT2D eigenvalue weighted by Crippen LogP contribution is 2.47. The number of aromatic hydroxyl groups is 1. The second-order valence-corrected chi connectivity index (χ2v) is 21.9. The number of fused-ring (bicyclic) bond motifs is 4. The Morgan fingerprint density at radius 1 is 0.833 bits per heavy atom. The number of carbonyl (C=O) groups excluding carboxylic acids is 10. The molecule has 2 aliphatic rings. The molecule has 1 unspecified atom stereocenters. The predicted octanol–water partition coefficient (Wildman–Crippen LogP) is 6.23. The van der Waals surface area contributed by atoms with Crippen molar-refractivity contribution in [3.63, 3.8) is 0 Å². The summed E-state index contributed by atoms with van der Waals surface area (Å²) in [5, 5.41) is 24.8. The lowest BCUT2D eigenvalue weighted by molar-refractivity contribution is -0.137. The van der Waals surface area contributed by atoms with E-state index in [1.807, 2.05) is 25.1 Å². The molecule has 11 amide bonds. The average Bonchev–Trinajstić information content (AvgIpc) is 1.59. The van der Waals surface area contributed by atoms with Crippen LogP contribution < -0.4 is 42.0 Å². The zero-order chi connectivity index (χ0) is 64.8. The number of phenols is 1. The van der Waals surface area contributed by atoms with Crippen LogP contribution >= 0.6 is 11.6 Å². The first-order valence-electron chi connectivity index (χ1n) is 28.7. The van der Waals surface area contributed by atoms with Crippen molar-refractivity contribution in [2.75, 3.05) is 88.1 Å². The number of likely N-dealkylation sites (N-methyl/N-ethyl adjacent to an activating group) is 2. The molecule has 0 bridgehead atoms. The molecule has 8 rings (SSSR count). The summed E-state index contributed by atoms with van der Waals surface area (Å²) in [4.78, 5) is 142. The summed E-state index contributed by atoms with van der Waals surface area (Å²) in [7, 11) is 3.02. The van der Waals surface area contributed by atoms with Gasteiger partial charge in [-0.2, -0.15) is 0 Å². The van der Waals surface area contributed by atoms with Crippen LogP contribution in [-0.4, -0.2) is 174 Å². The maximum atomic E-state index is 14.5. The SMILES string of the molecule is Cc1cccc2c(OC(=O)N(C)CCN(C)C(=O)OCc3ccc(NC(=O)[C@H](CCCNC(N)=O)NC(=O)[C@@H](NC(=O)OCCOCCN4C(=O)C=CC4=O)C(C)C)cc3)cc3c(c12)C(CCl)CN3C(=O)c1cc2cc(NC(=O)c3ccc(O)cc3)cnc2[nH]1. The number of pyridine rings is 1. The van der Waals surface area contributed by atoms with E-state index in [4.69, 9.17) is 36.3 Å². The van der Waals surface area contributed by atoms with Crippen LogP contribution in [0.15, 0.2) is 103 Å². The third kappa shape index (κ3) is 16.7. The zero-order valence-electron chi connectivity index (χ0n) is 50.0. The summed E-state index contributed by atoms with van der Waals surface area (Å²) in [5.41, 5.74) is 9.64. The Hall–Kier alpha value is -10.3. The molecule has 0 saturated heterocycles. The molecule has 0 fully saturated rings. The number of phenolic OH excluding ortho intramolecular Hbond substituents is 1. The number of alkyl carbamates (subject to hydrolysis) is 1. The molecular formula is C62H69ClN12O15. The predicted molar refractivity (Wildman–Crippen MR) is 331 cm³/mol. The lowest BCUT2D eigenvalue weighted by atomic mass is 9.92. The van der Waals surface area contributed by atoms with Gasteiger partial charge in [0.15, 0.2) is 0 Å². The molecule has 6 aromatic rings. The van der Waals surface area contributed by atoms with Crippen LogP contribution in [0.3, 0.4) is 0 Å². The van der Waals surface area contributed by atoms with Crippen molar-refractivity contribution in [2.24, 2.45) is 11.7 Å². The molecule has 0 radical (unpaired) electrons. The third-order valence-corrected chi connectivity index (χ3v) is 15.2. The molecule has 9 N–H and O–H groups in total. The van der Waals surface area contributed by atoms with E-state index in [1.54, 1.807) is 61.2 Å². The van der Waals surface area contributed by atoms with Gasteiger partial charge >= 0.3 is 24.3 Å². The van der Waals surface area contributed by atoms with E-state index in [2.05, 4.69) is 36.6 Å². The number of urea groups is 1. The quantitative estimate of drug-likeness (QED) is 0.0169. The second kappa shape index (κ2) is 30.1. The first-order chi connectivity index (χ1) is 43.1. The van der Waals surface area contributed by atoms with Gasteiger partial charge in [-0.25, -0.2) is 24.2 Å². The number of nitrogens with two attached hydrogens (primary N) is 1. The van der Waals surface area contributed by atoms with Gasteiger partial charge < -0.3 is 76.1 Å². The highest BCUT2D eigenvalue weighted by Gasteiger charge is 2.37. The maximum Gasteiger partial charge on any atom is 0.415 e. The average molecular weight is 1260 g/mol. The second-order valence-electron chi connectivity index (χ2n) is 21.6. The van der Waals surface area contributed by atoms with Gasteiger partial charge in [-0.1, -0.05) is 44.2 Å². The summed E-state index contributed by atoms with van der Waals surface area (Å²) in [6, 6.07) is 19.7. The van der Waals surface area contributed by atoms with E-state index < -0.39 is 77.8 Å². The fourth-order valence-corrected chi connectivity index (χ4v) is 10.2. The van der Waals surface area contributed by atoms with E-state index in [9.17, 15) is 53.1 Å². The number of primary amides is 1. The Kier molecular flexibility index (Phi) is 22.0. The maximum absolute atomic E-state index is 14.5. The van der Waals surface area contributed by atoms with Gasteiger partial charge in [0.2, 0.25) is 11.8 Å². The van der Waals surface area contributed by atoms with E-state index in [-0.39, 0.29) is 101 Å². The van der Waals surface area contributed by atoms with Crippen molar-refractivity contribution < 1.29 is 72.0 Å². The Labute approximate surface area is 521 Å². The van der Waals surface area contributed by atoms with Crippen LogP contribution in [-0.2, 0) is 40.0 Å². The highest BCUT2D eigenvalue weighted by molar-refractivity contribution is 6.19. The first-order valence-corrected chi connectivity index (χ1v) is 29.2. The van der Waals surface area contributed by atoms with E-state index in [1.165, 1.54) is 54.4 Å². The van der Waals surface area contributed by atoms with Crippen molar-refractivity contribution in [1.82, 2.24) is 40.6 Å². The number of aromatic nitrogens is 2. The number of carbonyl (C=O) groups is 10. The van der Waals surface area contributed by atoms with Crippen LogP contribution in [0.1, 0.15) is 70.1 Å². The molecule has 0 saturated carbocycles. The lowest BCUT2D eigenvalue weighted by Gasteiger charge is -2.25. The van der Waals surface area contributed by atoms with Gasteiger partial charge in [0.1, 0.15) is 48.1 Å². The topological polar surface area (TPSA) is 356 Å². The normalized spacial score (nSPS) is 14.0. The summed E-state index contributed by atoms with van der Waals surface area (Å²) in [6.07, 6.45) is 1.70. The number of anilines is 3. The molecule has 0 spiro atoms. The fourth-order valence-electron chi connectivity index (χ4n) is 9.93. The molecule has 2 aromatic heterocycles. The molecule has 27 nitrogen and oxygen atoms in total. The van der Waals surface area contributed by atoms with Gasteiger partial charge in [-0.05, 0) is 96.3 Å². The number of rotatable bonds is 26. The van der Waals surface area contributed by atoms with Crippen LogP contribution in [0.4, 0.5) is 36.2 Å². The van der Waals surface area contributed by atoms with Crippen molar-refractivity contribution in [3.8, 4) is 11.5 Å². The van der Waals surface area contributed by atoms with Crippen molar-refractivity contribution in [1.29, 1.82) is 0 Å². The molecule has 474 valence electrons. The molecule has 0 aliphatic carbocycles. The van der Waals surface area contributed by atoms with Crippen molar-refractivity contribution >= 4 is 110 Å². The van der Waals surface area contributed by atoms with Gasteiger partial charge in [0.05, 0.1) is 37.3 Å². The number of hydrogen-bond acceptors (Lipinski definition) is 16. The zero-order valence-corrected chi connectivity index (χ0v) is 50.7. The number of aryl methyl sites for hydroxylation is 1. The Bertz CT molecular complexity index is 3710. The summed E-state index contributed by atoms with van der Waals surface area (Å²) in [6.45, 7) is 5.31. The largest absolute Gasteiger partial charge is 0.508 e. The van der Waals surface area contributed by atoms with E-state index >= 15 is 0 Å². The number of nitrogens with one attached hydrogen (secondary N) is 6. The standard InChI is InChI=1S/C62H69ClN12O15/c1-35(2)53(71-60(84)88-27-26-87-25-24-74-49(77)19-20-50(74)78)57(81)70-45(10-7-21-65-59(64)83)56(80)67-41-15-11-37(12-16-41)34-89-61(85)72(4)22-23-73(5)62(86)90-48-30-47-52(51-36(3)8-6-9-44(48)51)40(31-63)33-75(47)58(82)46-29-39-28-42(32-66-54(39)69-46)68-55(79)38-13-17-43(76)18-14-38/h6,8-9,11-20,28-30,32,35,40,45,53,76H,7,10,21-27,31,33-34H2,1-5H3,(H,66,69)(H,67,80)(H,68,79)(H,70,81)(H,71,84)(H3,64,65,83)/t40?,45-,53-/m0/s1. The first kappa shape index (κ1) is 65.7. The number of H-pyrrole nitrogens is 1. The number of hydrogen-bond donors (Lipinski definition) is 8. The third-order valence-electron chi connectivity index (χ3n) is 14.8. The monoisotopic (exact) mass is 1260 g/mol. The van der Waals surface area contributed by atoms with Gasteiger partial charge in [-0.15, -0.1) is 11.6 Å². The minimum absolute atomic E-state index is 0.0149. The molecule has 28 heteroatoms. The van der Waals surface area contributed by atoms with E-state index in [0.29, 0.717) is 44.6 Å². The number of imide groups is 1. The lowest BCUT2D eigenvalue weighted by Crippen LogP contribution is -2.54. The van der Waals surface area contributed by atoms with Gasteiger partial charge in [0, 0.05) is 92.3 Å². The molecule has 90 heavy (non-hydrogen) atoms. The van der Waals surface area contributed by atoms with Crippen LogP contribution in [0, 0.1) is 12.8 Å². The summed E-state index contributed by atoms with van der Waals surface area (Å²) >= 11 is 6.60. The molecular weight excluding hydrogens is 1190 g/mol. The van der Waals surface area contributed by atoms with Gasteiger partial charge in [-0.3, -0.25) is 33.7 Å². The number of nitrogens with zero attached hydrogens (tertiary/aromatic N) is 5.